The Hall–Kier alpha value is -1.71. The summed E-state index contributed by atoms with van der Waals surface area (Å²) in [4.78, 5) is 11.9. The second-order valence-corrected chi connectivity index (χ2v) is 3.77. The monoisotopic (exact) mass is 220 g/mol. The Morgan fingerprint density at radius 3 is 2.69 bits per heavy atom. The number of hydrogen-bond acceptors (Lipinski definition) is 2. The molecule has 84 valence electrons. The molecule has 1 aromatic carbocycles. The number of amides is 1. The topological polar surface area (TPSA) is 32.7 Å². The van der Waals surface area contributed by atoms with E-state index in [2.05, 4.69) is 5.10 Å². The van der Waals surface area contributed by atoms with Crippen molar-refractivity contribution in [3.63, 3.8) is 0 Å². The first-order chi connectivity index (χ1) is 7.65. The molecule has 0 radical (unpaired) electrons. The first kappa shape index (κ1) is 10.8. The van der Waals surface area contributed by atoms with E-state index < -0.39 is 5.82 Å². The highest BCUT2D eigenvalue weighted by atomic mass is 19.1. The Labute approximate surface area is 93.6 Å². The molecule has 4 heteroatoms. The lowest BCUT2D eigenvalue weighted by atomic mass is 10.0. The molecular formula is C12H13FN2O. The summed E-state index contributed by atoms with van der Waals surface area (Å²) >= 11 is 0. The Bertz CT molecular complexity index is 456. The molecule has 0 saturated carbocycles. The Morgan fingerprint density at radius 1 is 1.44 bits per heavy atom. The fourth-order valence-corrected chi connectivity index (χ4v) is 1.76. The van der Waals surface area contributed by atoms with E-state index in [0.29, 0.717) is 6.42 Å². The summed E-state index contributed by atoms with van der Waals surface area (Å²) in [6.07, 6.45) is 0.706. The van der Waals surface area contributed by atoms with Crippen LogP contribution in [0, 0.1) is 11.7 Å². The number of halogens is 1. The zero-order valence-electron chi connectivity index (χ0n) is 9.27. The highest BCUT2D eigenvalue weighted by Gasteiger charge is 2.33. The molecule has 1 amide bonds. The molecule has 0 spiro atoms. The highest BCUT2D eigenvalue weighted by Crippen LogP contribution is 2.26. The van der Waals surface area contributed by atoms with Crippen molar-refractivity contribution >= 4 is 17.3 Å². The lowest BCUT2D eigenvalue weighted by Gasteiger charge is -2.13. The van der Waals surface area contributed by atoms with E-state index in [4.69, 9.17) is 0 Å². The third-order valence-corrected chi connectivity index (χ3v) is 2.75. The SMILES string of the molecule is CCC1=NN(c2ccccc2F)C(=O)C1C. The van der Waals surface area contributed by atoms with Crippen LogP contribution >= 0.6 is 0 Å². The van der Waals surface area contributed by atoms with Gasteiger partial charge in [-0.3, -0.25) is 4.79 Å². The number of benzene rings is 1. The average molecular weight is 220 g/mol. The molecule has 0 N–H and O–H groups in total. The van der Waals surface area contributed by atoms with Crippen molar-refractivity contribution in [1.82, 2.24) is 0 Å². The third-order valence-electron chi connectivity index (χ3n) is 2.75. The molecule has 1 unspecified atom stereocenters. The first-order valence-corrected chi connectivity index (χ1v) is 5.31. The summed E-state index contributed by atoms with van der Waals surface area (Å²) in [7, 11) is 0. The van der Waals surface area contributed by atoms with Crippen LogP contribution in [0.25, 0.3) is 0 Å². The Morgan fingerprint density at radius 2 is 2.12 bits per heavy atom. The standard InChI is InChI=1S/C12H13FN2O/c1-3-10-8(2)12(16)15(14-10)11-7-5-4-6-9(11)13/h4-8H,3H2,1-2H3. The van der Waals surface area contributed by atoms with Gasteiger partial charge in [-0.1, -0.05) is 19.1 Å². The van der Waals surface area contributed by atoms with E-state index in [1.165, 1.54) is 11.1 Å². The van der Waals surface area contributed by atoms with Crippen LogP contribution in [0.15, 0.2) is 29.4 Å². The Balaban J connectivity index is 2.40. The second-order valence-electron chi connectivity index (χ2n) is 3.77. The van der Waals surface area contributed by atoms with Crippen LogP contribution in [0.2, 0.25) is 0 Å². The number of carbonyl (C=O) groups is 1. The van der Waals surface area contributed by atoms with Crippen molar-refractivity contribution < 1.29 is 9.18 Å². The molecule has 2 rings (SSSR count). The van der Waals surface area contributed by atoms with Crippen LogP contribution in [0.5, 0.6) is 0 Å². The number of anilines is 1. The van der Waals surface area contributed by atoms with Gasteiger partial charge < -0.3 is 0 Å². The smallest absolute Gasteiger partial charge is 0.256 e. The highest BCUT2D eigenvalue weighted by molar-refractivity contribution is 6.15. The summed E-state index contributed by atoms with van der Waals surface area (Å²) in [6.45, 7) is 3.74. The molecule has 1 atom stereocenters. The average Bonchev–Trinajstić information content (AvgIpc) is 2.57. The van der Waals surface area contributed by atoms with E-state index in [1.54, 1.807) is 25.1 Å². The van der Waals surface area contributed by atoms with E-state index in [9.17, 15) is 9.18 Å². The number of para-hydroxylation sites is 1. The summed E-state index contributed by atoms with van der Waals surface area (Å²) in [6, 6.07) is 6.16. The predicted octanol–water partition coefficient (Wildman–Crippen LogP) is 2.57. The van der Waals surface area contributed by atoms with Gasteiger partial charge in [-0.05, 0) is 25.5 Å². The maximum absolute atomic E-state index is 13.5. The van der Waals surface area contributed by atoms with Gasteiger partial charge in [-0.15, -0.1) is 0 Å². The fourth-order valence-electron chi connectivity index (χ4n) is 1.76. The van der Waals surface area contributed by atoms with Gasteiger partial charge in [0.05, 0.1) is 11.6 Å². The molecule has 0 aliphatic carbocycles. The van der Waals surface area contributed by atoms with Crippen molar-refractivity contribution in [3.05, 3.63) is 30.1 Å². The van der Waals surface area contributed by atoms with Crippen LogP contribution < -0.4 is 5.01 Å². The summed E-state index contributed by atoms with van der Waals surface area (Å²) < 4.78 is 13.5. The van der Waals surface area contributed by atoms with Crippen LogP contribution in [-0.4, -0.2) is 11.6 Å². The van der Waals surface area contributed by atoms with Crippen LogP contribution in [0.3, 0.4) is 0 Å². The quantitative estimate of drug-likeness (QED) is 0.754. The van der Waals surface area contributed by atoms with E-state index in [1.807, 2.05) is 6.92 Å². The lowest BCUT2D eigenvalue weighted by Crippen LogP contribution is -2.26. The number of hydrogen-bond donors (Lipinski definition) is 0. The predicted molar refractivity (Wildman–Crippen MR) is 60.8 cm³/mol. The van der Waals surface area contributed by atoms with Gasteiger partial charge in [0.15, 0.2) is 0 Å². The van der Waals surface area contributed by atoms with Crippen molar-refractivity contribution in [1.29, 1.82) is 0 Å². The van der Waals surface area contributed by atoms with Gasteiger partial charge in [0.1, 0.15) is 11.5 Å². The van der Waals surface area contributed by atoms with Crippen LogP contribution in [-0.2, 0) is 4.79 Å². The lowest BCUT2D eigenvalue weighted by molar-refractivity contribution is -0.119. The van der Waals surface area contributed by atoms with E-state index >= 15 is 0 Å². The van der Waals surface area contributed by atoms with Gasteiger partial charge in [-0.2, -0.15) is 10.1 Å². The number of nitrogens with zero attached hydrogens (tertiary/aromatic N) is 2. The minimum absolute atomic E-state index is 0.165. The summed E-state index contributed by atoms with van der Waals surface area (Å²) in [5, 5.41) is 5.33. The van der Waals surface area contributed by atoms with E-state index in [0.717, 1.165) is 5.71 Å². The fraction of sp³-hybridized carbons (Fsp3) is 0.333. The molecule has 16 heavy (non-hydrogen) atoms. The van der Waals surface area contributed by atoms with Crippen molar-refractivity contribution in [2.24, 2.45) is 11.0 Å². The molecular weight excluding hydrogens is 207 g/mol. The zero-order chi connectivity index (χ0) is 11.7. The normalized spacial score (nSPS) is 20.2. The largest absolute Gasteiger partial charge is 0.272 e. The van der Waals surface area contributed by atoms with Gasteiger partial charge >= 0.3 is 0 Å². The van der Waals surface area contributed by atoms with Crippen molar-refractivity contribution in [2.75, 3.05) is 5.01 Å². The molecule has 0 aromatic heterocycles. The molecule has 0 fully saturated rings. The number of rotatable bonds is 2. The maximum atomic E-state index is 13.5. The second kappa shape index (κ2) is 4.04. The molecule has 0 saturated heterocycles. The van der Waals surface area contributed by atoms with E-state index in [-0.39, 0.29) is 17.5 Å². The molecule has 0 bridgehead atoms. The zero-order valence-corrected chi connectivity index (χ0v) is 9.27. The molecule has 1 heterocycles. The minimum atomic E-state index is -0.427. The summed E-state index contributed by atoms with van der Waals surface area (Å²) in [5.74, 6) is -0.837. The molecule has 1 aromatic rings. The first-order valence-electron chi connectivity index (χ1n) is 5.31. The van der Waals surface area contributed by atoms with Gasteiger partial charge in [0, 0.05) is 0 Å². The van der Waals surface area contributed by atoms with Crippen molar-refractivity contribution in [2.45, 2.75) is 20.3 Å². The van der Waals surface area contributed by atoms with Gasteiger partial charge in [-0.25, -0.2) is 4.39 Å². The maximum Gasteiger partial charge on any atom is 0.256 e. The summed E-state index contributed by atoms with van der Waals surface area (Å²) in [5.41, 5.74) is 1.02. The Kier molecular flexibility index (Phi) is 2.73. The van der Waals surface area contributed by atoms with Crippen molar-refractivity contribution in [3.8, 4) is 0 Å². The van der Waals surface area contributed by atoms with Crippen LogP contribution in [0.4, 0.5) is 10.1 Å². The third kappa shape index (κ3) is 1.60. The van der Waals surface area contributed by atoms with Crippen LogP contribution in [0.1, 0.15) is 20.3 Å². The molecule has 3 nitrogen and oxygen atoms in total. The van der Waals surface area contributed by atoms with Gasteiger partial charge in [0.2, 0.25) is 0 Å². The molecule has 1 aliphatic heterocycles. The van der Waals surface area contributed by atoms with Gasteiger partial charge in [0.25, 0.3) is 5.91 Å². The number of carbonyl (C=O) groups excluding carboxylic acids is 1. The molecule has 1 aliphatic rings. The minimum Gasteiger partial charge on any atom is -0.272 e. The number of hydrazone groups is 1.